The Morgan fingerprint density at radius 3 is 2.84 bits per heavy atom. The first-order valence-electron chi connectivity index (χ1n) is 9.74. The highest BCUT2D eigenvalue weighted by atomic mass is 16.5. The van der Waals surface area contributed by atoms with Gasteiger partial charge in [0.2, 0.25) is 0 Å². The molecule has 7 heteroatoms. The Balaban J connectivity index is 1.30. The van der Waals surface area contributed by atoms with Crippen molar-refractivity contribution in [3.8, 4) is 0 Å². The Kier molecular flexibility index (Phi) is 4.92. The van der Waals surface area contributed by atoms with Crippen LogP contribution >= 0.6 is 0 Å². The van der Waals surface area contributed by atoms with Crippen molar-refractivity contribution >= 4 is 6.03 Å². The average molecular weight is 347 g/mol. The molecular weight excluding hydrogens is 318 g/mol. The van der Waals surface area contributed by atoms with Crippen LogP contribution in [-0.4, -0.2) is 33.9 Å². The zero-order valence-corrected chi connectivity index (χ0v) is 15.0. The topological polar surface area (TPSA) is 81.1 Å². The van der Waals surface area contributed by atoms with E-state index >= 15 is 0 Å². The Labute approximate surface area is 148 Å². The van der Waals surface area contributed by atoms with Gasteiger partial charge in [-0.2, -0.15) is 5.10 Å². The summed E-state index contributed by atoms with van der Waals surface area (Å²) in [5.41, 5.74) is 0. The van der Waals surface area contributed by atoms with Gasteiger partial charge in [0, 0.05) is 19.7 Å². The quantitative estimate of drug-likeness (QED) is 0.858. The summed E-state index contributed by atoms with van der Waals surface area (Å²) in [7, 11) is 1.64. The van der Waals surface area contributed by atoms with Gasteiger partial charge in [-0.05, 0) is 31.1 Å². The predicted octanol–water partition coefficient (Wildman–Crippen LogP) is 2.53. The molecule has 25 heavy (non-hydrogen) atoms. The minimum absolute atomic E-state index is 0.0567. The first-order chi connectivity index (χ1) is 12.2. The molecule has 2 aliphatic carbocycles. The van der Waals surface area contributed by atoms with Crippen molar-refractivity contribution in [3.63, 3.8) is 0 Å². The maximum Gasteiger partial charge on any atom is 0.315 e. The van der Waals surface area contributed by atoms with E-state index in [0.29, 0.717) is 24.4 Å². The number of ether oxygens (including phenoxy) is 1. The summed E-state index contributed by atoms with van der Waals surface area (Å²) < 4.78 is 7.02. The lowest BCUT2D eigenvalue weighted by Crippen LogP contribution is -2.41. The van der Waals surface area contributed by atoms with Crippen LogP contribution in [0.3, 0.4) is 0 Å². The van der Waals surface area contributed by atoms with Gasteiger partial charge in [0.05, 0.1) is 6.04 Å². The monoisotopic (exact) mass is 347 g/mol. The van der Waals surface area contributed by atoms with Crippen molar-refractivity contribution in [2.75, 3.05) is 7.11 Å². The normalized spacial score (nSPS) is 29.1. The molecule has 0 unspecified atom stereocenters. The fraction of sp³-hybridized carbons (Fsp3) is 0.833. The Morgan fingerprint density at radius 1 is 1.20 bits per heavy atom. The van der Waals surface area contributed by atoms with Crippen molar-refractivity contribution in [1.29, 1.82) is 0 Å². The summed E-state index contributed by atoms with van der Waals surface area (Å²) >= 11 is 0. The molecule has 2 saturated carbocycles. The summed E-state index contributed by atoms with van der Waals surface area (Å²) in [4.78, 5) is 17.0. The van der Waals surface area contributed by atoms with E-state index in [1.54, 1.807) is 7.11 Å². The Bertz CT molecular complexity index is 611. The molecule has 0 spiro atoms. The van der Waals surface area contributed by atoms with E-state index in [2.05, 4.69) is 20.7 Å². The van der Waals surface area contributed by atoms with Gasteiger partial charge < -0.3 is 15.4 Å². The van der Waals surface area contributed by atoms with Crippen LogP contribution in [0.2, 0.25) is 0 Å². The molecule has 4 rings (SSSR count). The summed E-state index contributed by atoms with van der Waals surface area (Å²) in [6, 6.07) is 0.255. The third-order valence-corrected chi connectivity index (χ3v) is 5.91. The largest absolute Gasteiger partial charge is 0.377 e. The molecule has 0 saturated heterocycles. The lowest BCUT2D eigenvalue weighted by Gasteiger charge is -2.24. The molecular formula is C18H29N5O2. The SMILES string of the molecule is COCc1nc2n(n1)CCC[C@@H]2NC(=O)N[C@H]1C[C@H]1C1CCCCC1. The number of aromatic nitrogens is 3. The third-order valence-electron chi connectivity index (χ3n) is 5.91. The van der Waals surface area contributed by atoms with E-state index in [9.17, 15) is 4.79 Å². The highest BCUT2D eigenvalue weighted by molar-refractivity contribution is 5.75. The molecule has 1 aliphatic heterocycles. The summed E-state index contributed by atoms with van der Waals surface area (Å²) in [5.74, 6) is 3.07. The van der Waals surface area contributed by atoms with Crippen LogP contribution in [-0.2, 0) is 17.9 Å². The smallest absolute Gasteiger partial charge is 0.315 e. The van der Waals surface area contributed by atoms with Gasteiger partial charge in [0.15, 0.2) is 5.82 Å². The molecule has 3 aliphatic rings. The standard InChI is InChI=1S/C18H29N5O2/c1-25-11-16-21-17-14(8-5-9-23(17)22-16)19-18(24)20-15-10-13(15)12-6-3-2-4-7-12/h12-15H,2-11H2,1H3,(H2,19,20,24)/t13-,14-,15-/m0/s1. The maximum atomic E-state index is 12.4. The van der Waals surface area contributed by atoms with E-state index in [1.807, 2.05) is 4.68 Å². The van der Waals surface area contributed by atoms with E-state index in [-0.39, 0.29) is 12.1 Å². The third kappa shape index (κ3) is 3.81. The van der Waals surface area contributed by atoms with Crippen molar-refractivity contribution in [3.05, 3.63) is 11.6 Å². The van der Waals surface area contributed by atoms with Gasteiger partial charge in [-0.25, -0.2) is 14.5 Å². The number of fused-ring (bicyclic) bond motifs is 1. The number of aryl methyl sites for hydroxylation is 1. The minimum atomic E-state index is -0.0574. The fourth-order valence-corrected chi connectivity index (χ4v) is 4.56. The molecule has 0 aromatic carbocycles. The zero-order chi connectivity index (χ0) is 17.2. The molecule has 2 fully saturated rings. The van der Waals surface area contributed by atoms with Crippen LogP contribution in [0.1, 0.15) is 69.1 Å². The number of carbonyl (C=O) groups excluding carboxylic acids is 1. The summed E-state index contributed by atoms with van der Waals surface area (Å²) in [6.45, 7) is 1.27. The second-order valence-corrected chi connectivity index (χ2v) is 7.76. The van der Waals surface area contributed by atoms with Crippen LogP contribution in [0, 0.1) is 11.8 Å². The summed E-state index contributed by atoms with van der Waals surface area (Å²) in [5, 5.41) is 10.7. The first kappa shape index (κ1) is 16.8. The second kappa shape index (κ2) is 7.32. The number of nitrogens with one attached hydrogen (secondary N) is 2. The molecule has 1 aromatic rings. The van der Waals surface area contributed by atoms with Crippen LogP contribution in [0.15, 0.2) is 0 Å². The fourth-order valence-electron chi connectivity index (χ4n) is 4.56. The van der Waals surface area contributed by atoms with Crippen molar-refractivity contribution in [2.45, 2.75) is 76.6 Å². The second-order valence-electron chi connectivity index (χ2n) is 7.76. The van der Waals surface area contributed by atoms with Crippen LogP contribution in [0.5, 0.6) is 0 Å². The molecule has 2 heterocycles. The van der Waals surface area contributed by atoms with Crippen LogP contribution in [0.4, 0.5) is 4.79 Å². The molecule has 138 valence electrons. The van der Waals surface area contributed by atoms with Crippen molar-refractivity contribution in [1.82, 2.24) is 25.4 Å². The predicted molar refractivity (Wildman–Crippen MR) is 92.8 cm³/mol. The molecule has 0 radical (unpaired) electrons. The minimum Gasteiger partial charge on any atom is -0.377 e. The van der Waals surface area contributed by atoms with E-state index in [1.165, 1.54) is 32.1 Å². The molecule has 2 amide bonds. The molecule has 7 nitrogen and oxygen atoms in total. The van der Waals surface area contributed by atoms with E-state index in [4.69, 9.17) is 4.74 Å². The van der Waals surface area contributed by atoms with Crippen molar-refractivity contribution in [2.24, 2.45) is 11.8 Å². The van der Waals surface area contributed by atoms with Crippen molar-refractivity contribution < 1.29 is 9.53 Å². The summed E-state index contributed by atoms with van der Waals surface area (Å²) in [6.07, 6.45) is 9.86. The van der Waals surface area contributed by atoms with Gasteiger partial charge >= 0.3 is 6.03 Å². The number of rotatable bonds is 5. The molecule has 0 bridgehead atoms. The van der Waals surface area contributed by atoms with Gasteiger partial charge in [-0.15, -0.1) is 0 Å². The lowest BCUT2D eigenvalue weighted by atomic mass is 9.85. The average Bonchev–Trinajstić information content (AvgIpc) is 3.24. The lowest BCUT2D eigenvalue weighted by molar-refractivity contribution is 0.177. The number of urea groups is 1. The van der Waals surface area contributed by atoms with Gasteiger partial charge in [0.25, 0.3) is 0 Å². The van der Waals surface area contributed by atoms with E-state index < -0.39 is 0 Å². The van der Waals surface area contributed by atoms with Gasteiger partial charge in [0.1, 0.15) is 12.4 Å². The van der Waals surface area contributed by atoms with E-state index in [0.717, 1.165) is 37.5 Å². The highest BCUT2D eigenvalue weighted by Gasteiger charge is 2.44. The zero-order valence-electron chi connectivity index (χ0n) is 15.0. The number of hydrogen-bond donors (Lipinski definition) is 2. The first-order valence-corrected chi connectivity index (χ1v) is 9.74. The molecule has 3 atom stereocenters. The number of nitrogens with zero attached hydrogens (tertiary/aromatic N) is 3. The maximum absolute atomic E-state index is 12.4. The van der Waals surface area contributed by atoms with Gasteiger partial charge in [-0.1, -0.05) is 32.1 Å². The Hall–Kier alpha value is -1.63. The van der Waals surface area contributed by atoms with Gasteiger partial charge in [-0.3, -0.25) is 0 Å². The molecule has 1 aromatic heterocycles. The number of hydrogen-bond acceptors (Lipinski definition) is 4. The molecule has 2 N–H and O–H groups in total. The van der Waals surface area contributed by atoms with Crippen LogP contribution in [0.25, 0.3) is 0 Å². The number of carbonyl (C=O) groups is 1. The van der Waals surface area contributed by atoms with Crippen LogP contribution < -0.4 is 10.6 Å². The highest BCUT2D eigenvalue weighted by Crippen LogP contribution is 2.44. The number of amides is 2. The number of methoxy groups -OCH3 is 1. The Morgan fingerprint density at radius 2 is 2.04 bits per heavy atom.